The summed E-state index contributed by atoms with van der Waals surface area (Å²) in [6.07, 6.45) is 2.60. The highest BCUT2D eigenvalue weighted by Crippen LogP contribution is 2.30. The van der Waals surface area contributed by atoms with Crippen molar-refractivity contribution in [1.29, 1.82) is 0 Å². The smallest absolute Gasteiger partial charge is 0.149 e. The second-order valence-corrected chi connectivity index (χ2v) is 5.11. The molecule has 1 fully saturated rings. The molecule has 0 spiro atoms. The van der Waals surface area contributed by atoms with Gasteiger partial charge in [-0.2, -0.15) is 0 Å². The van der Waals surface area contributed by atoms with E-state index in [1.165, 1.54) is 12.1 Å². The Labute approximate surface area is 106 Å². The monoisotopic (exact) mass is 255 g/mol. The van der Waals surface area contributed by atoms with Gasteiger partial charge in [-0.1, -0.05) is 6.92 Å². The van der Waals surface area contributed by atoms with Gasteiger partial charge in [0, 0.05) is 18.7 Å². The third kappa shape index (κ3) is 2.99. The van der Waals surface area contributed by atoms with Crippen LogP contribution in [-0.2, 0) is 4.74 Å². The van der Waals surface area contributed by atoms with Crippen LogP contribution in [0, 0.1) is 11.6 Å². The Bertz CT molecular complexity index is 424. The zero-order valence-corrected chi connectivity index (χ0v) is 10.8. The first-order valence-electron chi connectivity index (χ1n) is 6.38. The summed E-state index contributed by atoms with van der Waals surface area (Å²) in [5, 5.41) is 3.14. The highest BCUT2D eigenvalue weighted by Gasteiger charge is 2.31. The fraction of sp³-hybridized carbons (Fsp3) is 0.571. The van der Waals surface area contributed by atoms with Gasteiger partial charge < -0.3 is 10.1 Å². The summed E-state index contributed by atoms with van der Waals surface area (Å²) >= 11 is 0. The summed E-state index contributed by atoms with van der Waals surface area (Å²) in [5.74, 6) is -1.09. The van der Waals surface area contributed by atoms with Gasteiger partial charge >= 0.3 is 0 Å². The van der Waals surface area contributed by atoms with Gasteiger partial charge in [0.1, 0.15) is 11.6 Å². The Morgan fingerprint density at radius 2 is 2.22 bits per heavy atom. The molecule has 2 nitrogen and oxygen atoms in total. The van der Waals surface area contributed by atoms with E-state index in [0.717, 1.165) is 25.3 Å². The summed E-state index contributed by atoms with van der Waals surface area (Å²) in [7, 11) is 0. The number of halogens is 2. The van der Waals surface area contributed by atoms with Gasteiger partial charge in [0.25, 0.3) is 0 Å². The Morgan fingerprint density at radius 1 is 1.44 bits per heavy atom. The second kappa shape index (κ2) is 5.22. The predicted octanol–water partition coefficient (Wildman–Crippen LogP) is 3.72. The first-order valence-corrected chi connectivity index (χ1v) is 6.38. The molecular formula is C14H19F2NO. The molecule has 1 aliphatic rings. The molecule has 1 heterocycles. The summed E-state index contributed by atoms with van der Waals surface area (Å²) < 4.78 is 32.1. The van der Waals surface area contributed by atoms with Crippen molar-refractivity contribution in [2.45, 2.75) is 44.8 Å². The van der Waals surface area contributed by atoms with Crippen molar-refractivity contribution in [3.8, 4) is 0 Å². The third-order valence-corrected chi connectivity index (χ3v) is 3.63. The topological polar surface area (TPSA) is 21.3 Å². The lowest BCUT2D eigenvalue weighted by Crippen LogP contribution is -2.42. The van der Waals surface area contributed by atoms with Crippen molar-refractivity contribution in [2.24, 2.45) is 0 Å². The second-order valence-electron chi connectivity index (χ2n) is 5.11. The van der Waals surface area contributed by atoms with Gasteiger partial charge in [-0.3, -0.25) is 0 Å². The first kappa shape index (κ1) is 13.3. The lowest BCUT2D eigenvalue weighted by molar-refractivity contribution is -0.0709. The maximum Gasteiger partial charge on any atom is 0.149 e. The molecule has 0 bridgehead atoms. The van der Waals surface area contributed by atoms with Gasteiger partial charge in [-0.25, -0.2) is 8.78 Å². The van der Waals surface area contributed by atoms with E-state index in [4.69, 9.17) is 4.74 Å². The maximum absolute atomic E-state index is 13.5. The number of hydrogen-bond acceptors (Lipinski definition) is 2. The average molecular weight is 255 g/mol. The van der Waals surface area contributed by atoms with E-state index in [2.05, 4.69) is 19.2 Å². The van der Waals surface area contributed by atoms with Crippen LogP contribution in [0.15, 0.2) is 18.2 Å². The lowest BCUT2D eigenvalue weighted by atomic mass is 9.90. The molecule has 2 unspecified atom stereocenters. The minimum absolute atomic E-state index is 0.146. The maximum atomic E-state index is 13.5. The number of nitrogens with one attached hydrogen (secondary N) is 1. The number of hydrogen-bond donors (Lipinski definition) is 1. The number of benzene rings is 1. The van der Waals surface area contributed by atoms with Crippen molar-refractivity contribution in [3.63, 3.8) is 0 Å². The molecule has 0 saturated carbocycles. The van der Waals surface area contributed by atoms with Crippen LogP contribution in [0.25, 0.3) is 0 Å². The van der Waals surface area contributed by atoms with Crippen molar-refractivity contribution >= 4 is 5.69 Å². The zero-order valence-electron chi connectivity index (χ0n) is 10.8. The molecule has 2 rings (SSSR count). The predicted molar refractivity (Wildman–Crippen MR) is 67.7 cm³/mol. The molecule has 1 saturated heterocycles. The Hall–Kier alpha value is -1.16. The molecule has 1 aliphatic heterocycles. The van der Waals surface area contributed by atoms with Crippen molar-refractivity contribution in [1.82, 2.24) is 0 Å². The van der Waals surface area contributed by atoms with E-state index >= 15 is 0 Å². The van der Waals surface area contributed by atoms with E-state index in [9.17, 15) is 8.78 Å². The Kier molecular flexibility index (Phi) is 3.85. The molecular weight excluding hydrogens is 236 g/mol. The summed E-state index contributed by atoms with van der Waals surface area (Å²) in [4.78, 5) is 0. The quantitative estimate of drug-likeness (QED) is 0.888. The van der Waals surface area contributed by atoms with Crippen LogP contribution in [0.1, 0.15) is 33.1 Å². The fourth-order valence-corrected chi connectivity index (χ4v) is 2.33. The van der Waals surface area contributed by atoms with Gasteiger partial charge in [0.05, 0.1) is 11.3 Å². The van der Waals surface area contributed by atoms with Crippen molar-refractivity contribution in [3.05, 3.63) is 29.8 Å². The average Bonchev–Trinajstić information content (AvgIpc) is 2.33. The summed E-state index contributed by atoms with van der Waals surface area (Å²) in [5.41, 5.74) is 0.216. The molecule has 0 aliphatic carbocycles. The molecule has 1 aromatic carbocycles. The minimum Gasteiger partial charge on any atom is -0.380 e. The van der Waals surface area contributed by atoms with Crippen LogP contribution in [0.2, 0.25) is 0 Å². The highest BCUT2D eigenvalue weighted by molar-refractivity contribution is 5.45. The van der Waals surface area contributed by atoms with Crippen LogP contribution in [0.4, 0.5) is 14.5 Å². The normalized spacial score (nSPS) is 28.1. The molecule has 4 heteroatoms. The van der Waals surface area contributed by atoms with Crippen LogP contribution in [0.3, 0.4) is 0 Å². The molecule has 0 aromatic heterocycles. The number of anilines is 1. The van der Waals surface area contributed by atoms with E-state index in [1.54, 1.807) is 0 Å². The standard InChI is InChI=1S/C14H19F2NO/c1-3-14(2)9-11(6-7-18-14)17-13-5-4-10(15)8-12(13)16/h4-5,8,11,17H,3,6-7,9H2,1-2H3. The molecule has 100 valence electrons. The van der Waals surface area contributed by atoms with E-state index in [-0.39, 0.29) is 11.6 Å². The summed E-state index contributed by atoms with van der Waals surface area (Å²) in [6.45, 7) is 4.83. The Morgan fingerprint density at radius 3 is 2.89 bits per heavy atom. The molecule has 0 amide bonds. The molecule has 1 N–H and O–H groups in total. The zero-order chi connectivity index (χ0) is 13.2. The van der Waals surface area contributed by atoms with E-state index in [0.29, 0.717) is 12.3 Å². The van der Waals surface area contributed by atoms with Gasteiger partial charge in [0.15, 0.2) is 0 Å². The van der Waals surface area contributed by atoms with Crippen LogP contribution in [0.5, 0.6) is 0 Å². The van der Waals surface area contributed by atoms with Crippen LogP contribution < -0.4 is 5.32 Å². The molecule has 18 heavy (non-hydrogen) atoms. The van der Waals surface area contributed by atoms with Gasteiger partial charge in [0.2, 0.25) is 0 Å². The van der Waals surface area contributed by atoms with Crippen molar-refractivity contribution in [2.75, 3.05) is 11.9 Å². The summed E-state index contributed by atoms with van der Waals surface area (Å²) in [6, 6.07) is 3.79. The van der Waals surface area contributed by atoms with Gasteiger partial charge in [-0.15, -0.1) is 0 Å². The first-order chi connectivity index (χ1) is 8.52. The SMILES string of the molecule is CCC1(C)CC(Nc2ccc(F)cc2F)CCO1. The number of ether oxygens (including phenoxy) is 1. The Balaban J connectivity index is 2.05. The molecule has 1 aromatic rings. The molecule has 2 atom stereocenters. The molecule has 0 radical (unpaired) electrons. The van der Waals surface area contributed by atoms with Crippen LogP contribution in [-0.4, -0.2) is 18.2 Å². The number of rotatable bonds is 3. The third-order valence-electron chi connectivity index (χ3n) is 3.63. The lowest BCUT2D eigenvalue weighted by Gasteiger charge is -2.38. The van der Waals surface area contributed by atoms with Crippen molar-refractivity contribution < 1.29 is 13.5 Å². The minimum atomic E-state index is -0.552. The largest absolute Gasteiger partial charge is 0.380 e. The van der Waals surface area contributed by atoms with Crippen LogP contribution >= 0.6 is 0 Å². The fourth-order valence-electron chi connectivity index (χ4n) is 2.33. The van der Waals surface area contributed by atoms with E-state index in [1.807, 2.05) is 0 Å². The van der Waals surface area contributed by atoms with E-state index < -0.39 is 11.6 Å². The van der Waals surface area contributed by atoms with Gasteiger partial charge in [-0.05, 0) is 38.3 Å². The highest BCUT2D eigenvalue weighted by atomic mass is 19.1.